The van der Waals surface area contributed by atoms with Crippen LogP contribution in [-0.4, -0.2) is 13.1 Å². The molecule has 0 aromatic heterocycles. The molecule has 22 heavy (non-hydrogen) atoms. The Morgan fingerprint density at radius 2 is 1.91 bits per heavy atom. The fraction of sp³-hybridized carbons (Fsp3) is 0.562. The predicted molar refractivity (Wildman–Crippen MR) is 79.7 cm³/mol. The largest absolute Gasteiger partial charge is 0.465 e. The standard InChI is InChI=1S/C16H22F3NO2/c1-5-10(6-9(2)3)11-7-12(15(21)22-4)14(20)8-13(11)16(17,18)19/h7-10H,5-6,20H2,1-4H3. The first kappa shape index (κ1) is 18.3. The number of nitrogen functional groups attached to an aromatic ring is 1. The van der Waals surface area contributed by atoms with E-state index in [9.17, 15) is 18.0 Å². The molecule has 0 bridgehead atoms. The molecule has 0 radical (unpaired) electrons. The van der Waals surface area contributed by atoms with E-state index in [1.807, 2.05) is 20.8 Å². The number of nitrogens with two attached hydrogens (primary N) is 1. The van der Waals surface area contributed by atoms with Crippen LogP contribution in [0.1, 0.15) is 61.0 Å². The van der Waals surface area contributed by atoms with Gasteiger partial charge in [-0.1, -0.05) is 20.8 Å². The Morgan fingerprint density at radius 3 is 2.32 bits per heavy atom. The minimum absolute atomic E-state index is 0.0206. The van der Waals surface area contributed by atoms with Crippen molar-refractivity contribution < 1.29 is 22.7 Å². The summed E-state index contributed by atoms with van der Waals surface area (Å²) in [5.41, 5.74) is 4.70. The molecular weight excluding hydrogens is 295 g/mol. The number of hydrogen-bond donors (Lipinski definition) is 1. The Bertz CT molecular complexity index is 539. The van der Waals surface area contributed by atoms with Crippen LogP contribution in [0.15, 0.2) is 12.1 Å². The third-order valence-electron chi connectivity index (χ3n) is 3.62. The number of carbonyl (C=O) groups excluding carboxylic acids is 1. The fourth-order valence-electron chi connectivity index (χ4n) is 2.59. The number of carbonyl (C=O) groups is 1. The van der Waals surface area contributed by atoms with Gasteiger partial charge in [-0.05, 0) is 42.4 Å². The zero-order valence-electron chi connectivity index (χ0n) is 13.3. The second-order valence-corrected chi connectivity index (χ2v) is 5.75. The smallest absolute Gasteiger partial charge is 0.416 e. The van der Waals surface area contributed by atoms with Crippen molar-refractivity contribution in [3.63, 3.8) is 0 Å². The zero-order valence-corrected chi connectivity index (χ0v) is 13.3. The highest BCUT2D eigenvalue weighted by Crippen LogP contribution is 2.40. The van der Waals surface area contributed by atoms with E-state index in [-0.39, 0.29) is 28.7 Å². The van der Waals surface area contributed by atoms with Gasteiger partial charge in [0.05, 0.1) is 18.2 Å². The molecule has 0 amide bonds. The minimum Gasteiger partial charge on any atom is -0.465 e. The van der Waals surface area contributed by atoms with Gasteiger partial charge in [0.1, 0.15) is 0 Å². The van der Waals surface area contributed by atoms with E-state index in [0.29, 0.717) is 12.8 Å². The fourth-order valence-corrected chi connectivity index (χ4v) is 2.59. The average Bonchev–Trinajstić information content (AvgIpc) is 2.42. The molecule has 0 aliphatic rings. The summed E-state index contributed by atoms with van der Waals surface area (Å²) in [4.78, 5) is 11.7. The summed E-state index contributed by atoms with van der Waals surface area (Å²) in [5, 5.41) is 0. The molecule has 124 valence electrons. The molecule has 3 nitrogen and oxygen atoms in total. The highest BCUT2D eigenvalue weighted by Gasteiger charge is 2.36. The van der Waals surface area contributed by atoms with Gasteiger partial charge >= 0.3 is 12.1 Å². The third kappa shape index (κ3) is 4.15. The van der Waals surface area contributed by atoms with E-state index in [2.05, 4.69) is 4.74 Å². The van der Waals surface area contributed by atoms with Crippen molar-refractivity contribution in [2.24, 2.45) is 5.92 Å². The van der Waals surface area contributed by atoms with Crippen LogP contribution in [0.2, 0.25) is 0 Å². The Hall–Kier alpha value is -1.72. The Labute approximate surface area is 128 Å². The number of hydrogen-bond acceptors (Lipinski definition) is 3. The summed E-state index contributed by atoms with van der Waals surface area (Å²) < 4.78 is 44.5. The van der Waals surface area contributed by atoms with Gasteiger partial charge in [-0.3, -0.25) is 0 Å². The highest BCUT2D eigenvalue weighted by atomic mass is 19.4. The number of methoxy groups -OCH3 is 1. The SMILES string of the molecule is CCC(CC(C)C)c1cc(C(=O)OC)c(N)cc1C(F)(F)F. The summed E-state index contributed by atoms with van der Waals surface area (Å²) in [7, 11) is 1.17. The maximum atomic E-state index is 13.3. The summed E-state index contributed by atoms with van der Waals surface area (Å²) in [6.07, 6.45) is -3.36. The molecular formula is C16H22F3NO2. The van der Waals surface area contributed by atoms with E-state index in [4.69, 9.17) is 5.73 Å². The van der Waals surface area contributed by atoms with Crippen molar-refractivity contribution in [3.8, 4) is 0 Å². The minimum atomic E-state index is -4.51. The lowest BCUT2D eigenvalue weighted by Gasteiger charge is -2.23. The van der Waals surface area contributed by atoms with E-state index in [1.165, 1.54) is 13.2 Å². The van der Waals surface area contributed by atoms with Gasteiger partial charge in [0.25, 0.3) is 0 Å². The van der Waals surface area contributed by atoms with Crippen molar-refractivity contribution >= 4 is 11.7 Å². The van der Waals surface area contributed by atoms with Crippen molar-refractivity contribution in [2.75, 3.05) is 12.8 Å². The van der Waals surface area contributed by atoms with Crippen LogP contribution in [0, 0.1) is 5.92 Å². The first-order chi connectivity index (χ1) is 10.1. The van der Waals surface area contributed by atoms with Gasteiger partial charge < -0.3 is 10.5 Å². The summed E-state index contributed by atoms with van der Waals surface area (Å²) in [6, 6.07) is 2.07. The van der Waals surface area contributed by atoms with E-state index >= 15 is 0 Å². The third-order valence-corrected chi connectivity index (χ3v) is 3.62. The van der Waals surface area contributed by atoms with E-state index in [0.717, 1.165) is 6.07 Å². The topological polar surface area (TPSA) is 52.3 Å². The highest BCUT2D eigenvalue weighted by molar-refractivity contribution is 5.95. The summed E-state index contributed by atoms with van der Waals surface area (Å²) in [5.74, 6) is -0.780. The van der Waals surface area contributed by atoms with Crippen LogP contribution >= 0.6 is 0 Å². The maximum absolute atomic E-state index is 13.3. The van der Waals surface area contributed by atoms with Crippen LogP contribution < -0.4 is 5.73 Å². The number of alkyl halides is 3. The molecule has 1 aromatic carbocycles. The van der Waals surface area contributed by atoms with E-state index < -0.39 is 17.7 Å². The summed E-state index contributed by atoms with van der Waals surface area (Å²) >= 11 is 0. The lowest BCUT2D eigenvalue weighted by Crippen LogP contribution is -2.17. The number of rotatable bonds is 5. The van der Waals surface area contributed by atoms with Crippen LogP contribution in [0.5, 0.6) is 0 Å². The van der Waals surface area contributed by atoms with Crippen molar-refractivity contribution in [1.29, 1.82) is 0 Å². The van der Waals surface area contributed by atoms with Crippen molar-refractivity contribution in [2.45, 2.75) is 45.7 Å². The first-order valence-corrected chi connectivity index (χ1v) is 7.20. The molecule has 0 saturated heterocycles. The van der Waals surface area contributed by atoms with Crippen LogP contribution in [0.25, 0.3) is 0 Å². The van der Waals surface area contributed by atoms with E-state index in [1.54, 1.807) is 0 Å². The second-order valence-electron chi connectivity index (χ2n) is 5.75. The maximum Gasteiger partial charge on any atom is 0.416 e. The van der Waals surface area contributed by atoms with Gasteiger partial charge in [-0.15, -0.1) is 0 Å². The van der Waals surface area contributed by atoms with Crippen LogP contribution in [-0.2, 0) is 10.9 Å². The normalized spacial score (nSPS) is 13.3. The van der Waals surface area contributed by atoms with Gasteiger partial charge in [0, 0.05) is 5.69 Å². The number of esters is 1. The Kier molecular flexibility index (Phi) is 5.85. The van der Waals surface area contributed by atoms with Gasteiger partial charge in [0.15, 0.2) is 0 Å². The number of benzene rings is 1. The molecule has 0 fully saturated rings. The van der Waals surface area contributed by atoms with Crippen molar-refractivity contribution in [3.05, 3.63) is 28.8 Å². The molecule has 1 aromatic rings. The molecule has 6 heteroatoms. The number of anilines is 1. The van der Waals surface area contributed by atoms with Gasteiger partial charge in [-0.2, -0.15) is 13.2 Å². The second kappa shape index (κ2) is 7.03. The number of halogens is 3. The molecule has 1 rings (SSSR count). The monoisotopic (exact) mass is 317 g/mol. The molecule has 1 atom stereocenters. The molecule has 1 unspecified atom stereocenters. The Morgan fingerprint density at radius 1 is 1.32 bits per heavy atom. The molecule has 0 heterocycles. The first-order valence-electron chi connectivity index (χ1n) is 7.20. The average molecular weight is 317 g/mol. The zero-order chi connectivity index (χ0) is 17.1. The predicted octanol–water partition coefficient (Wildman–Crippen LogP) is 4.61. The molecule has 0 aliphatic carbocycles. The molecule has 0 saturated carbocycles. The van der Waals surface area contributed by atoms with Crippen molar-refractivity contribution in [1.82, 2.24) is 0 Å². The lowest BCUT2D eigenvalue weighted by molar-refractivity contribution is -0.138. The quantitative estimate of drug-likeness (QED) is 0.637. The molecule has 0 aliphatic heterocycles. The lowest BCUT2D eigenvalue weighted by atomic mass is 9.84. The Balaban J connectivity index is 3.51. The van der Waals surface area contributed by atoms with Gasteiger partial charge in [0.2, 0.25) is 0 Å². The van der Waals surface area contributed by atoms with Gasteiger partial charge in [-0.25, -0.2) is 4.79 Å². The van der Waals surface area contributed by atoms with Crippen LogP contribution in [0.3, 0.4) is 0 Å². The van der Waals surface area contributed by atoms with Crippen LogP contribution in [0.4, 0.5) is 18.9 Å². The summed E-state index contributed by atoms with van der Waals surface area (Å²) in [6.45, 7) is 5.74. The molecule has 0 spiro atoms. The number of ether oxygens (including phenoxy) is 1. The molecule has 2 N–H and O–H groups in total.